The van der Waals surface area contributed by atoms with E-state index in [4.69, 9.17) is 4.52 Å². The second kappa shape index (κ2) is 6.70. The van der Waals surface area contributed by atoms with Gasteiger partial charge in [0.05, 0.1) is 4.88 Å². The lowest BCUT2D eigenvalue weighted by atomic mass is 10.2. The molecule has 0 atom stereocenters. The van der Waals surface area contributed by atoms with Gasteiger partial charge in [0.15, 0.2) is 0 Å². The van der Waals surface area contributed by atoms with E-state index in [0.717, 1.165) is 11.1 Å². The van der Waals surface area contributed by atoms with Gasteiger partial charge >= 0.3 is 0 Å². The van der Waals surface area contributed by atoms with Crippen LogP contribution in [0.2, 0.25) is 0 Å². The van der Waals surface area contributed by atoms with Crippen molar-refractivity contribution in [3.63, 3.8) is 0 Å². The van der Waals surface area contributed by atoms with E-state index in [0.29, 0.717) is 22.3 Å². The molecular formula is C19H13N3O2S. The van der Waals surface area contributed by atoms with Crippen LogP contribution in [0.15, 0.2) is 76.6 Å². The lowest BCUT2D eigenvalue weighted by Crippen LogP contribution is -2.09. The number of benzene rings is 2. The molecule has 122 valence electrons. The summed E-state index contributed by atoms with van der Waals surface area (Å²) >= 11 is 1.40. The van der Waals surface area contributed by atoms with Crippen molar-refractivity contribution < 1.29 is 9.32 Å². The molecule has 0 spiro atoms. The highest BCUT2D eigenvalue weighted by Gasteiger charge is 2.12. The number of thiophene rings is 1. The van der Waals surface area contributed by atoms with Crippen LogP contribution < -0.4 is 5.32 Å². The standard InChI is InChI=1S/C19H13N3O2S/c23-18(16-10-5-11-25-16)20-15-9-4-8-14(12-15)19-21-17(22-24-19)13-6-2-1-3-7-13/h1-12H,(H,20,23). The third-order valence-corrected chi connectivity index (χ3v) is 4.44. The second-order valence-corrected chi connectivity index (χ2v) is 6.25. The molecule has 0 saturated heterocycles. The Hall–Kier alpha value is -3.25. The van der Waals surface area contributed by atoms with Gasteiger partial charge in [-0.3, -0.25) is 4.79 Å². The fourth-order valence-electron chi connectivity index (χ4n) is 2.38. The van der Waals surface area contributed by atoms with Gasteiger partial charge in [0.1, 0.15) is 0 Å². The van der Waals surface area contributed by atoms with Gasteiger partial charge < -0.3 is 9.84 Å². The Bertz CT molecular complexity index is 994. The quantitative estimate of drug-likeness (QED) is 0.580. The number of anilines is 1. The lowest BCUT2D eigenvalue weighted by molar-refractivity contribution is 0.103. The van der Waals surface area contributed by atoms with E-state index in [1.165, 1.54) is 11.3 Å². The van der Waals surface area contributed by atoms with Crippen molar-refractivity contribution in [2.45, 2.75) is 0 Å². The zero-order valence-electron chi connectivity index (χ0n) is 13.0. The van der Waals surface area contributed by atoms with Crippen LogP contribution in [0.5, 0.6) is 0 Å². The maximum Gasteiger partial charge on any atom is 0.265 e. The van der Waals surface area contributed by atoms with Crippen LogP contribution in [0.4, 0.5) is 5.69 Å². The highest BCUT2D eigenvalue weighted by atomic mass is 32.1. The fraction of sp³-hybridized carbons (Fsp3) is 0. The summed E-state index contributed by atoms with van der Waals surface area (Å²) in [6.45, 7) is 0. The van der Waals surface area contributed by atoms with Gasteiger partial charge in [-0.2, -0.15) is 4.98 Å². The first-order valence-corrected chi connectivity index (χ1v) is 8.52. The minimum atomic E-state index is -0.136. The summed E-state index contributed by atoms with van der Waals surface area (Å²) in [6, 6.07) is 20.6. The minimum Gasteiger partial charge on any atom is -0.334 e. The molecule has 0 saturated carbocycles. The Kier molecular flexibility index (Phi) is 4.10. The van der Waals surface area contributed by atoms with E-state index in [1.54, 1.807) is 6.07 Å². The third kappa shape index (κ3) is 3.34. The maximum absolute atomic E-state index is 12.2. The van der Waals surface area contributed by atoms with Crippen LogP contribution in [0.1, 0.15) is 9.67 Å². The number of carbonyl (C=O) groups is 1. The van der Waals surface area contributed by atoms with Gasteiger partial charge in [-0.15, -0.1) is 11.3 Å². The average Bonchev–Trinajstić information content (AvgIpc) is 3.35. The van der Waals surface area contributed by atoms with Gasteiger partial charge in [-0.25, -0.2) is 0 Å². The van der Waals surface area contributed by atoms with Crippen LogP contribution >= 0.6 is 11.3 Å². The first-order chi connectivity index (χ1) is 12.3. The van der Waals surface area contributed by atoms with E-state index < -0.39 is 0 Å². The molecule has 6 heteroatoms. The van der Waals surface area contributed by atoms with Crippen LogP contribution in [0.3, 0.4) is 0 Å². The van der Waals surface area contributed by atoms with E-state index in [1.807, 2.05) is 66.0 Å². The number of hydrogen-bond donors (Lipinski definition) is 1. The molecule has 0 aliphatic heterocycles. The van der Waals surface area contributed by atoms with E-state index in [-0.39, 0.29) is 5.91 Å². The molecule has 2 heterocycles. The molecule has 0 fully saturated rings. The molecule has 4 aromatic rings. The molecule has 0 aliphatic rings. The predicted molar refractivity (Wildman–Crippen MR) is 97.4 cm³/mol. The van der Waals surface area contributed by atoms with Crippen LogP contribution in [-0.2, 0) is 0 Å². The molecule has 1 N–H and O–H groups in total. The summed E-state index contributed by atoms with van der Waals surface area (Å²) in [4.78, 5) is 17.3. The summed E-state index contributed by atoms with van der Waals surface area (Å²) in [5.74, 6) is 0.803. The SMILES string of the molecule is O=C(Nc1cccc(-c2nc(-c3ccccc3)no2)c1)c1cccs1. The van der Waals surface area contributed by atoms with Gasteiger partial charge in [0.2, 0.25) is 5.82 Å². The summed E-state index contributed by atoms with van der Waals surface area (Å²) in [5.41, 5.74) is 2.31. The number of amides is 1. The predicted octanol–water partition coefficient (Wildman–Crippen LogP) is 4.72. The Morgan fingerprint density at radius 1 is 0.960 bits per heavy atom. The largest absolute Gasteiger partial charge is 0.334 e. The number of aromatic nitrogens is 2. The van der Waals surface area contributed by atoms with E-state index >= 15 is 0 Å². The van der Waals surface area contributed by atoms with E-state index in [2.05, 4.69) is 15.5 Å². The smallest absolute Gasteiger partial charge is 0.265 e. The van der Waals surface area contributed by atoms with Crippen molar-refractivity contribution in [1.82, 2.24) is 10.1 Å². The number of nitrogens with zero attached hydrogens (tertiary/aromatic N) is 2. The van der Waals surface area contributed by atoms with Gasteiger partial charge in [-0.1, -0.05) is 47.6 Å². The second-order valence-electron chi connectivity index (χ2n) is 5.30. The average molecular weight is 347 g/mol. The fourth-order valence-corrected chi connectivity index (χ4v) is 2.99. The molecule has 0 bridgehead atoms. The summed E-state index contributed by atoms with van der Waals surface area (Å²) in [6.07, 6.45) is 0. The molecule has 0 unspecified atom stereocenters. The Balaban J connectivity index is 1.58. The Morgan fingerprint density at radius 3 is 2.60 bits per heavy atom. The first kappa shape index (κ1) is 15.3. The van der Waals surface area contributed by atoms with Crippen molar-refractivity contribution in [2.24, 2.45) is 0 Å². The monoisotopic (exact) mass is 347 g/mol. The van der Waals surface area contributed by atoms with Gasteiger partial charge in [0.25, 0.3) is 11.8 Å². The molecule has 0 aliphatic carbocycles. The zero-order chi connectivity index (χ0) is 17.1. The van der Waals surface area contributed by atoms with Gasteiger partial charge in [0, 0.05) is 16.8 Å². The molecule has 5 nitrogen and oxygen atoms in total. The maximum atomic E-state index is 12.2. The van der Waals surface area contributed by atoms with Crippen molar-refractivity contribution in [1.29, 1.82) is 0 Å². The summed E-state index contributed by atoms with van der Waals surface area (Å²) in [7, 11) is 0. The molecule has 1 amide bonds. The number of carbonyl (C=O) groups excluding carboxylic acids is 1. The highest BCUT2D eigenvalue weighted by Crippen LogP contribution is 2.24. The molecule has 0 radical (unpaired) electrons. The number of nitrogens with one attached hydrogen (secondary N) is 1. The summed E-state index contributed by atoms with van der Waals surface area (Å²) in [5, 5.41) is 8.77. The highest BCUT2D eigenvalue weighted by molar-refractivity contribution is 7.12. The lowest BCUT2D eigenvalue weighted by Gasteiger charge is -2.04. The van der Waals surface area contributed by atoms with Gasteiger partial charge in [-0.05, 0) is 29.6 Å². The molecule has 4 rings (SSSR count). The van der Waals surface area contributed by atoms with Crippen LogP contribution in [0.25, 0.3) is 22.8 Å². The Labute approximate surface area is 148 Å². The first-order valence-electron chi connectivity index (χ1n) is 7.64. The topological polar surface area (TPSA) is 68.0 Å². The van der Waals surface area contributed by atoms with E-state index in [9.17, 15) is 4.79 Å². The van der Waals surface area contributed by atoms with Crippen molar-refractivity contribution in [2.75, 3.05) is 5.32 Å². The molecule has 25 heavy (non-hydrogen) atoms. The minimum absolute atomic E-state index is 0.136. The Morgan fingerprint density at radius 2 is 1.80 bits per heavy atom. The van der Waals surface area contributed by atoms with Crippen LogP contribution in [-0.4, -0.2) is 16.0 Å². The summed E-state index contributed by atoms with van der Waals surface area (Å²) < 4.78 is 5.37. The number of rotatable bonds is 4. The molecular weight excluding hydrogens is 334 g/mol. The third-order valence-electron chi connectivity index (χ3n) is 3.57. The van der Waals surface area contributed by atoms with Crippen molar-refractivity contribution >= 4 is 22.9 Å². The normalized spacial score (nSPS) is 10.6. The number of hydrogen-bond acceptors (Lipinski definition) is 5. The molecule has 2 aromatic carbocycles. The molecule has 2 aromatic heterocycles. The zero-order valence-corrected chi connectivity index (χ0v) is 13.9. The van der Waals surface area contributed by atoms with Crippen molar-refractivity contribution in [3.8, 4) is 22.8 Å². The van der Waals surface area contributed by atoms with Crippen LogP contribution in [0, 0.1) is 0 Å². The van der Waals surface area contributed by atoms with Crippen molar-refractivity contribution in [3.05, 3.63) is 77.0 Å².